The highest BCUT2D eigenvalue weighted by Crippen LogP contribution is 2.18. The Morgan fingerprint density at radius 2 is 2.05 bits per heavy atom. The van der Waals surface area contributed by atoms with E-state index in [-0.39, 0.29) is 11.9 Å². The number of rotatable bonds is 9. The number of nitrogens with one attached hydrogen (secondary N) is 2. The lowest BCUT2D eigenvalue weighted by molar-refractivity contribution is -0.120. The number of amides is 1. The summed E-state index contributed by atoms with van der Waals surface area (Å²) in [5.74, 6) is 0.0367. The van der Waals surface area contributed by atoms with E-state index in [4.69, 9.17) is 4.74 Å². The van der Waals surface area contributed by atoms with Crippen molar-refractivity contribution in [2.45, 2.75) is 26.4 Å². The summed E-state index contributed by atoms with van der Waals surface area (Å²) in [6.45, 7) is 6.54. The Hall–Kier alpha value is -1.59. The van der Waals surface area contributed by atoms with Crippen LogP contribution in [0, 0.1) is 0 Å². The van der Waals surface area contributed by atoms with E-state index in [9.17, 15) is 4.79 Å². The molecule has 1 aromatic rings. The van der Waals surface area contributed by atoms with Crippen LogP contribution in [0.1, 0.15) is 19.4 Å². The molecule has 0 aromatic heterocycles. The fourth-order valence-corrected chi connectivity index (χ4v) is 2.10. The first-order valence-corrected chi connectivity index (χ1v) is 7.32. The summed E-state index contributed by atoms with van der Waals surface area (Å²) in [5.41, 5.74) is 2.25. The maximum Gasteiger partial charge on any atom is 0.239 e. The standard InChI is InChI=1S/C16H27N3O2/c1-13(2)18-16(20)12-19(3)15-8-6-5-7-14(15)11-17-9-10-21-4/h5-8,13,17H,9-12H2,1-4H3,(H,18,20). The van der Waals surface area contributed by atoms with Gasteiger partial charge in [0, 0.05) is 39.0 Å². The molecule has 0 bridgehead atoms. The van der Waals surface area contributed by atoms with Crippen molar-refractivity contribution in [3.63, 3.8) is 0 Å². The lowest BCUT2D eigenvalue weighted by Gasteiger charge is -2.22. The van der Waals surface area contributed by atoms with Crippen LogP contribution in [0.25, 0.3) is 0 Å². The van der Waals surface area contributed by atoms with Crippen LogP contribution < -0.4 is 15.5 Å². The zero-order valence-electron chi connectivity index (χ0n) is 13.5. The third-order valence-electron chi connectivity index (χ3n) is 3.03. The first kappa shape index (κ1) is 17.5. The molecule has 0 saturated heterocycles. The molecule has 5 heteroatoms. The van der Waals surface area contributed by atoms with Gasteiger partial charge in [0.15, 0.2) is 0 Å². The summed E-state index contributed by atoms with van der Waals surface area (Å²) in [5, 5.41) is 6.24. The molecule has 2 N–H and O–H groups in total. The summed E-state index contributed by atoms with van der Waals surface area (Å²) < 4.78 is 5.02. The molecule has 0 aliphatic rings. The second-order valence-electron chi connectivity index (χ2n) is 5.38. The zero-order chi connectivity index (χ0) is 15.7. The van der Waals surface area contributed by atoms with Crippen LogP contribution in [-0.4, -0.2) is 45.8 Å². The lowest BCUT2D eigenvalue weighted by Crippen LogP contribution is -2.39. The topological polar surface area (TPSA) is 53.6 Å². The van der Waals surface area contributed by atoms with Gasteiger partial charge in [-0.25, -0.2) is 0 Å². The van der Waals surface area contributed by atoms with Gasteiger partial charge >= 0.3 is 0 Å². The van der Waals surface area contributed by atoms with Crippen LogP contribution in [0.2, 0.25) is 0 Å². The van der Waals surface area contributed by atoms with E-state index in [2.05, 4.69) is 16.7 Å². The fraction of sp³-hybridized carbons (Fsp3) is 0.562. The highest BCUT2D eigenvalue weighted by molar-refractivity contribution is 5.81. The van der Waals surface area contributed by atoms with Crippen molar-refractivity contribution in [1.29, 1.82) is 0 Å². The molecular weight excluding hydrogens is 266 g/mol. The van der Waals surface area contributed by atoms with Gasteiger partial charge in [-0.05, 0) is 25.5 Å². The molecule has 5 nitrogen and oxygen atoms in total. The molecule has 0 atom stereocenters. The molecule has 0 aliphatic heterocycles. The van der Waals surface area contributed by atoms with Gasteiger partial charge in [-0.3, -0.25) is 4.79 Å². The van der Waals surface area contributed by atoms with Crippen molar-refractivity contribution in [3.05, 3.63) is 29.8 Å². The SMILES string of the molecule is COCCNCc1ccccc1N(C)CC(=O)NC(C)C. The van der Waals surface area contributed by atoms with Crippen LogP contribution in [0.15, 0.2) is 24.3 Å². The third kappa shape index (κ3) is 6.60. The summed E-state index contributed by atoms with van der Waals surface area (Å²) in [7, 11) is 3.63. The van der Waals surface area contributed by atoms with Gasteiger partial charge in [0.05, 0.1) is 13.2 Å². The Kier molecular flexibility index (Phi) is 7.79. The second-order valence-corrected chi connectivity index (χ2v) is 5.38. The molecule has 1 amide bonds. The highest BCUT2D eigenvalue weighted by Gasteiger charge is 2.11. The van der Waals surface area contributed by atoms with Gasteiger partial charge in [-0.15, -0.1) is 0 Å². The average Bonchev–Trinajstić information content (AvgIpc) is 2.43. The quantitative estimate of drug-likeness (QED) is 0.676. The minimum Gasteiger partial charge on any atom is -0.383 e. The average molecular weight is 293 g/mol. The lowest BCUT2D eigenvalue weighted by atomic mass is 10.1. The minimum atomic E-state index is 0.0367. The van der Waals surface area contributed by atoms with Gasteiger partial charge in [0.25, 0.3) is 0 Å². The molecule has 0 heterocycles. The molecule has 0 spiro atoms. The number of hydrogen-bond donors (Lipinski definition) is 2. The summed E-state index contributed by atoms with van der Waals surface area (Å²) in [4.78, 5) is 13.8. The predicted molar refractivity (Wildman–Crippen MR) is 86.6 cm³/mol. The maximum atomic E-state index is 11.9. The smallest absolute Gasteiger partial charge is 0.239 e. The number of carbonyl (C=O) groups is 1. The number of benzene rings is 1. The number of anilines is 1. The van der Waals surface area contributed by atoms with Crippen molar-refractivity contribution in [3.8, 4) is 0 Å². The van der Waals surface area contributed by atoms with Crippen molar-refractivity contribution in [2.24, 2.45) is 0 Å². The summed E-state index contributed by atoms with van der Waals surface area (Å²) in [6.07, 6.45) is 0. The maximum absolute atomic E-state index is 11.9. The van der Waals surface area contributed by atoms with Crippen LogP contribution in [0.5, 0.6) is 0 Å². The molecule has 0 radical (unpaired) electrons. The Bertz CT molecular complexity index is 435. The van der Waals surface area contributed by atoms with Gasteiger partial charge in [0.2, 0.25) is 5.91 Å². The highest BCUT2D eigenvalue weighted by atomic mass is 16.5. The van der Waals surface area contributed by atoms with Crippen LogP contribution >= 0.6 is 0 Å². The Morgan fingerprint density at radius 3 is 2.71 bits per heavy atom. The van der Waals surface area contributed by atoms with E-state index < -0.39 is 0 Å². The number of ether oxygens (including phenoxy) is 1. The fourth-order valence-electron chi connectivity index (χ4n) is 2.10. The number of nitrogens with zero attached hydrogens (tertiary/aromatic N) is 1. The van der Waals surface area contributed by atoms with E-state index >= 15 is 0 Å². The van der Waals surface area contributed by atoms with E-state index in [0.29, 0.717) is 13.2 Å². The Morgan fingerprint density at radius 1 is 1.33 bits per heavy atom. The Labute approximate surface area is 127 Å². The van der Waals surface area contributed by atoms with Crippen molar-refractivity contribution in [2.75, 3.05) is 38.8 Å². The predicted octanol–water partition coefficient (Wildman–Crippen LogP) is 1.38. The largest absolute Gasteiger partial charge is 0.383 e. The van der Waals surface area contributed by atoms with E-state index in [0.717, 1.165) is 18.8 Å². The number of methoxy groups -OCH3 is 1. The zero-order valence-corrected chi connectivity index (χ0v) is 13.5. The summed E-state index contributed by atoms with van der Waals surface area (Å²) in [6, 6.07) is 8.28. The van der Waals surface area contributed by atoms with Crippen molar-refractivity contribution >= 4 is 11.6 Å². The first-order chi connectivity index (χ1) is 10.0. The van der Waals surface area contributed by atoms with Crippen LogP contribution in [0.3, 0.4) is 0 Å². The van der Waals surface area contributed by atoms with E-state index in [1.165, 1.54) is 5.56 Å². The summed E-state index contributed by atoms with van der Waals surface area (Å²) >= 11 is 0. The molecule has 0 aliphatic carbocycles. The molecule has 1 aromatic carbocycles. The van der Waals surface area contributed by atoms with Gasteiger partial charge < -0.3 is 20.3 Å². The molecule has 0 unspecified atom stereocenters. The molecule has 0 fully saturated rings. The molecule has 1 rings (SSSR count). The van der Waals surface area contributed by atoms with Crippen LogP contribution in [-0.2, 0) is 16.1 Å². The minimum absolute atomic E-state index is 0.0367. The number of likely N-dealkylation sites (N-methyl/N-ethyl adjacent to an activating group) is 1. The normalized spacial score (nSPS) is 10.7. The molecular formula is C16H27N3O2. The van der Waals surface area contributed by atoms with Crippen molar-refractivity contribution < 1.29 is 9.53 Å². The number of carbonyl (C=O) groups excluding carboxylic acids is 1. The molecule has 118 valence electrons. The van der Waals surface area contributed by atoms with Gasteiger partial charge in [0.1, 0.15) is 0 Å². The molecule has 0 saturated carbocycles. The Balaban J connectivity index is 2.61. The van der Waals surface area contributed by atoms with Crippen LogP contribution in [0.4, 0.5) is 5.69 Å². The first-order valence-electron chi connectivity index (χ1n) is 7.32. The van der Waals surface area contributed by atoms with Gasteiger partial charge in [-0.1, -0.05) is 18.2 Å². The van der Waals surface area contributed by atoms with E-state index in [1.54, 1.807) is 7.11 Å². The van der Waals surface area contributed by atoms with Crippen molar-refractivity contribution in [1.82, 2.24) is 10.6 Å². The number of para-hydroxylation sites is 1. The van der Waals surface area contributed by atoms with Gasteiger partial charge in [-0.2, -0.15) is 0 Å². The second kappa shape index (κ2) is 9.37. The van der Waals surface area contributed by atoms with E-state index in [1.807, 2.05) is 44.0 Å². The molecule has 21 heavy (non-hydrogen) atoms. The third-order valence-corrected chi connectivity index (χ3v) is 3.03. The monoisotopic (exact) mass is 293 g/mol. The number of hydrogen-bond acceptors (Lipinski definition) is 4.